The van der Waals surface area contributed by atoms with E-state index in [1.165, 1.54) is 0 Å². The largest absolute Gasteiger partial charge is 0.497 e. The fraction of sp³-hybridized carbons (Fsp3) is 0.222. The summed E-state index contributed by atoms with van der Waals surface area (Å²) >= 11 is 5.91. The van der Waals surface area contributed by atoms with Crippen molar-refractivity contribution in [2.24, 2.45) is 0 Å². The number of carbonyl (C=O) groups excluding carboxylic acids is 2. The van der Waals surface area contributed by atoms with E-state index in [2.05, 4.69) is 10.6 Å². The number of halogens is 1. The molecule has 0 spiro atoms. The third kappa shape index (κ3) is 5.59. The van der Waals surface area contributed by atoms with E-state index in [1.807, 2.05) is 18.2 Å². The van der Waals surface area contributed by atoms with Crippen LogP contribution in [-0.2, 0) is 11.2 Å². The van der Waals surface area contributed by atoms with Crippen molar-refractivity contribution in [3.8, 4) is 5.75 Å². The average Bonchev–Trinajstić information content (AvgIpc) is 2.60. The van der Waals surface area contributed by atoms with Crippen molar-refractivity contribution in [1.29, 1.82) is 0 Å². The van der Waals surface area contributed by atoms with Crippen LogP contribution in [-0.4, -0.2) is 32.0 Å². The lowest BCUT2D eigenvalue weighted by Crippen LogP contribution is -2.37. The monoisotopic (exact) mass is 346 g/mol. The highest BCUT2D eigenvalue weighted by Gasteiger charge is 2.08. The standard InChI is InChI=1S/C18H19ClN2O3/c1-24-16-7-5-14(6-8-16)18(23)21-12-17(22)20-10-9-13-3-2-4-15(19)11-13/h2-8,11H,9-10,12H2,1H3,(H,20,22)(H,21,23). The summed E-state index contributed by atoms with van der Waals surface area (Å²) in [4.78, 5) is 23.7. The molecule has 0 heterocycles. The molecule has 0 aliphatic rings. The molecule has 24 heavy (non-hydrogen) atoms. The zero-order valence-electron chi connectivity index (χ0n) is 13.3. The van der Waals surface area contributed by atoms with Gasteiger partial charge in [-0.3, -0.25) is 9.59 Å². The maximum absolute atomic E-state index is 11.9. The van der Waals surface area contributed by atoms with E-state index in [0.29, 0.717) is 29.3 Å². The second-order valence-electron chi connectivity index (χ2n) is 5.14. The fourth-order valence-electron chi connectivity index (χ4n) is 2.11. The molecule has 0 aromatic heterocycles. The van der Waals surface area contributed by atoms with Gasteiger partial charge < -0.3 is 15.4 Å². The quantitative estimate of drug-likeness (QED) is 0.809. The van der Waals surface area contributed by atoms with Crippen LogP contribution in [0.2, 0.25) is 5.02 Å². The number of methoxy groups -OCH3 is 1. The molecular weight excluding hydrogens is 328 g/mol. The first-order chi connectivity index (χ1) is 11.6. The van der Waals surface area contributed by atoms with Crippen molar-refractivity contribution in [2.75, 3.05) is 20.2 Å². The van der Waals surface area contributed by atoms with E-state index in [0.717, 1.165) is 5.56 Å². The molecule has 2 rings (SSSR count). The van der Waals surface area contributed by atoms with Gasteiger partial charge in [-0.05, 0) is 48.4 Å². The molecule has 0 saturated heterocycles. The van der Waals surface area contributed by atoms with Crippen LogP contribution < -0.4 is 15.4 Å². The number of rotatable bonds is 7. The molecule has 0 unspecified atom stereocenters. The SMILES string of the molecule is COc1ccc(C(=O)NCC(=O)NCCc2cccc(Cl)c2)cc1. The van der Waals surface area contributed by atoms with Crippen LogP contribution in [0.1, 0.15) is 15.9 Å². The predicted octanol–water partition coefficient (Wildman–Crippen LogP) is 2.44. The average molecular weight is 347 g/mol. The van der Waals surface area contributed by atoms with E-state index in [9.17, 15) is 9.59 Å². The fourth-order valence-corrected chi connectivity index (χ4v) is 2.32. The van der Waals surface area contributed by atoms with Crippen molar-refractivity contribution in [2.45, 2.75) is 6.42 Å². The highest BCUT2D eigenvalue weighted by molar-refractivity contribution is 6.30. The number of nitrogens with one attached hydrogen (secondary N) is 2. The first kappa shape index (κ1) is 17.8. The summed E-state index contributed by atoms with van der Waals surface area (Å²) in [5.41, 5.74) is 1.52. The summed E-state index contributed by atoms with van der Waals surface area (Å²) in [5.74, 6) is 0.131. The summed E-state index contributed by atoms with van der Waals surface area (Å²) in [7, 11) is 1.56. The van der Waals surface area contributed by atoms with Crippen molar-refractivity contribution >= 4 is 23.4 Å². The third-order valence-corrected chi connectivity index (χ3v) is 3.62. The zero-order valence-corrected chi connectivity index (χ0v) is 14.1. The molecule has 0 atom stereocenters. The predicted molar refractivity (Wildman–Crippen MR) is 93.5 cm³/mol. The van der Waals surface area contributed by atoms with Gasteiger partial charge in [0.05, 0.1) is 13.7 Å². The van der Waals surface area contributed by atoms with Gasteiger partial charge >= 0.3 is 0 Å². The lowest BCUT2D eigenvalue weighted by atomic mass is 10.1. The zero-order chi connectivity index (χ0) is 17.4. The summed E-state index contributed by atoms with van der Waals surface area (Å²) in [5, 5.41) is 6.01. The molecule has 6 heteroatoms. The second-order valence-corrected chi connectivity index (χ2v) is 5.58. The second kappa shape index (κ2) is 8.93. The van der Waals surface area contributed by atoms with Crippen molar-refractivity contribution in [3.05, 3.63) is 64.7 Å². The third-order valence-electron chi connectivity index (χ3n) is 3.39. The molecule has 2 aromatic rings. The molecule has 126 valence electrons. The Kier molecular flexibility index (Phi) is 6.63. The lowest BCUT2D eigenvalue weighted by molar-refractivity contribution is -0.120. The van der Waals surface area contributed by atoms with Crippen molar-refractivity contribution in [3.63, 3.8) is 0 Å². The Morgan fingerprint density at radius 1 is 1.08 bits per heavy atom. The minimum atomic E-state index is -0.303. The molecular formula is C18H19ClN2O3. The Balaban J connectivity index is 1.71. The summed E-state index contributed by atoms with van der Waals surface area (Å²) in [6, 6.07) is 14.2. The smallest absolute Gasteiger partial charge is 0.251 e. The normalized spacial score (nSPS) is 10.1. The number of benzene rings is 2. The molecule has 2 aromatic carbocycles. The Labute approximate surface area is 146 Å². The molecule has 0 radical (unpaired) electrons. The van der Waals surface area contributed by atoms with Crippen LogP contribution in [0.15, 0.2) is 48.5 Å². The Morgan fingerprint density at radius 2 is 1.83 bits per heavy atom. The molecule has 0 saturated carbocycles. The summed E-state index contributed by atoms with van der Waals surface area (Å²) < 4.78 is 5.03. The van der Waals surface area contributed by atoms with E-state index in [4.69, 9.17) is 16.3 Å². The van der Waals surface area contributed by atoms with Gasteiger partial charge in [0.15, 0.2) is 0 Å². The van der Waals surface area contributed by atoms with Crippen LogP contribution in [0.5, 0.6) is 5.75 Å². The lowest BCUT2D eigenvalue weighted by Gasteiger charge is -2.08. The maximum atomic E-state index is 11.9. The Morgan fingerprint density at radius 3 is 2.50 bits per heavy atom. The Hall–Kier alpha value is -2.53. The van der Waals surface area contributed by atoms with E-state index >= 15 is 0 Å². The van der Waals surface area contributed by atoms with Crippen LogP contribution in [0, 0.1) is 0 Å². The van der Waals surface area contributed by atoms with Gasteiger partial charge in [0.25, 0.3) is 5.91 Å². The Bertz CT molecular complexity index is 702. The number of hydrogen-bond donors (Lipinski definition) is 2. The first-order valence-electron chi connectivity index (χ1n) is 7.52. The van der Waals surface area contributed by atoms with Gasteiger partial charge in [-0.2, -0.15) is 0 Å². The van der Waals surface area contributed by atoms with Crippen LogP contribution in [0.3, 0.4) is 0 Å². The molecule has 0 fully saturated rings. The highest BCUT2D eigenvalue weighted by Crippen LogP contribution is 2.11. The highest BCUT2D eigenvalue weighted by atomic mass is 35.5. The molecule has 0 bridgehead atoms. The van der Waals surface area contributed by atoms with Gasteiger partial charge in [-0.15, -0.1) is 0 Å². The van der Waals surface area contributed by atoms with Crippen molar-refractivity contribution < 1.29 is 14.3 Å². The molecule has 0 aliphatic carbocycles. The minimum absolute atomic E-state index is 0.0690. The van der Waals surface area contributed by atoms with Crippen LogP contribution >= 0.6 is 11.6 Å². The number of ether oxygens (including phenoxy) is 1. The van der Waals surface area contributed by atoms with Gasteiger partial charge in [-0.1, -0.05) is 23.7 Å². The molecule has 2 amide bonds. The molecule has 2 N–H and O–H groups in total. The number of carbonyl (C=O) groups is 2. The van der Waals surface area contributed by atoms with E-state index in [-0.39, 0.29) is 18.4 Å². The molecule has 0 aliphatic heterocycles. The van der Waals surface area contributed by atoms with E-state index < -0.39 is 0 Å². The van der Waals surface area contributed by atoms with Gasteiger partial charge in [0.1, 0.15) is 5.75 Å². The molecule has 5 nitrogen and oxygen atoms in total. The van der Waals surface area contributed by atoms with Gasteiger partial charge in [0, 0.05) is 17.1 Å². The first-order valence-corrected chi connectivity index (χ1v) is 7.89. The number of amides is 2. The minimum Gasteiger partial charge on any atom is -0.497 e. The summed E-state index contributed by atoms with van der Waals surface area (Å²) in [6.45, 7) is 0.415. The van der Waals surface area contributed by atoms with Crippen LogP contribution in [0.25, 0.3) is 0 Å². The summed E-state index contributed by atoms with van der Waals surface area (Å²) in [6.07, 6.45) is 0.679. The number of hydrogen-bond acceptors (Lipinski definition) is 3. The topological polar surface area (TPSA) is 67.4 Å². The van der Waals surface area contributed by atoms with Gasteiger partial charge in [0.2, 0.25) is 5.91 Å². The van der Waals surface area contributed by atoms with Crippen LogP contribution in [0.4, 0.5) is 0 Å². The van der Waals surface area contributed by atoms with Gasteiger partial charge in [-0.25, -0.2) is 0 Å². The van der Waals surface area contributed by atoms with E-state index in [1.54, 1.807) is 37.4 Å². The van der Waals surface area contributed by atoms with Crippen molar-refractivity contribution in [1.82, 2.24) is 10.6 Å². The maximum Gasteiger partial charge on any atom is 0.251 e.